The first-order valence-electron chi connectivity index (χ1n) is 10.9. The SMILES string of the molecule is CCCCOc1nc(N)c2c(n1)CN(Cc1ccc(CN3CCCC3)c(F)c1)C(=O)N2. The van der Waals surface area contributed by atoms with Crippen LogP contribution in [0.5, 0.6) is 6.01 Å². The van der Waals surface area contributed by atoms with E-state index in [4.69, 9.17) is 10.5 Å². The molecule has 3 N–H and O–H groups in total. The maximum Gasteiger partial charge on any atom is 0.322 e. The van der Waals surface area contributed by atoms with Gasteiger partial charge in [-0.05, 0) is 44.0 Å². The summed E-state index contributed by atoms with van der Waals surface area (Å²) in [6, 6.07) is 5.10. The van der Waals surface area contributed by atoms with Gasteiger partial charge in [0.25, 0.3) is 0 Å². The number of fused-ring (bicyclic) bond motifs is 1. The Labute approximate surface area is 181 Å². The highest BCUT2D eigenvalue weighted by Crippen LogP contribution is 2.29. The minimum atomic E-state index is -0.316. The van der Waals surface area contributed by atoms with Crippen LogP contribution >= 0.6 is 0 Å². The topological polar surface area (TPSA) is 96.6 Å². The van der Waals surface area contributed by atoms with Crippen LogP contribution in [0.25, 0.3) is 0 Å². The number of aromatic nitrogens is 2. The molecule has 9 heteroatoms. The lowest BCUT2D eigenvalue weighted by molar-refractivity contribution is 0.202. The van der Waals surface area contributed by atoms with E-state index in [9.17, 15) is 9.18 Å². The number of urea groups is 1. The number of ether oxygens (including phenoxy) is 1. The number of nitrogens with two attached hydrogens (primary N) is 1. The molecule has 31 heavy (non-hydrogen) atoms. The molecular weight excluding hydrogens is 399 g/mol. The van der Waals surface area contributed by atoms with Crippen molar-refractivity contribution in [3.8, 4) is 6.01 Å². The fraction of sp³-hybridized carbons (Fsp3) is 0.500. The predicted octanol–water partition coefficient (Wildman–Crippen LogP) is 3.52. The van der Waals surface area contributed by atoms with Crippen molar-refractivity contribution in [1.82, 2.24) is 19.8 Å². The van der Waals surface area contributed by atoms with Crippen molar-refractivity contribution in [3.63, 3.8) is 0 Å². The van der Waals surface area contributed by atoms with E-state index in [2.05, 4.69) is 27.1 Å². The van der Waals surface area contributed by atoms with Gasteiger partial charge in [-0.15, -0.1) is 0 Å². The molecule has 0 bridgehead atoms. The molecule has 1 aromatic heterocycles. The smallest absolute Gasteiger partial charge is 0.322 e. The number of nitrogens with one attached hydrogen (secondary N) is 1. The second-order valence-corrected chi connectivity index (χ2v) is 8.11. The van der Waals surface area contributed by atoms with E-state index >= 15 is 0 Å². The van der Waals surface area contributed by atoms with Gasteiger partial charge in [-0.1, -0.05) is 25.5 Å². The highest BCUT2D eigenvalue weighted by Gasteiger charge is 2.27. The van der Waals surface area contributed by atoms with Crippen LogP contribution in [0.3, 0.4) is 0 Å². The lowest BCUT2D eigenvalue weighted by atomic mass is 10.1. The largest absolute Gasteiger partial charge is 0.463 e. The fourth-order valence-corrected chi connectivity index (χ4v) is 3.91. The van der Waals surface area contributed by atoms with E-state index in [-0.39, 0.29) is 36.8 Å². The van der Waals surface area contributed by atoms with Crippen molar-refractivity contribution < 1.29 is 13.9 Å². The zero-order chi connectivity index (χ0) is 21.8. The molecule has 0 unspecified atom stereocenters. The first kappa shape index (κ1) is 21.3. The van der Waals surface area contributed by atoms with Gasteiger partial charge >= 0.3 is 12.0 Å². The maximum atomic E-state index is 14.6. The summed E-state index contributed by atoms with van der Waals surface area (Å²) in [5.74, 6) is -0.0535. The van der Waals surface area contributed by atoms with Gasteiger partial charge in [-0.3, -0.25) is 4.90 Å². The first-order chi connectivity index (χ1) is 15.0. The molecule has 2 aromatic rings. The number of carbonyl (C=O) groups excluding carboxylic acids is 1. The summed E-state index contributed by atoms with van der Waals surface area (Å²) in [6.07, 6.45) is 4.23. The second kappa shape index (κ2) is 9.47. The molecule has 0 radical (unpaired) electrons. The molecule has 3 heterocycles. The Balaban J connectivity index is 1.45. The monoisotopic (exact) mass is 428 g/mol. The molecule has 0 spiro atoms. The zero-order valence-electron chi connectivity index (χ0n) is 17.9. The number of unbranched alkanes of at least 4 members (excludes halogenated alkanes) is 1. The van der Waals surface area contributed by atoms with Gasteiger partial charge in [0.15, 0.2) is 5.82 Å². The van der Waals surface area contributed by atoms with Crippen molar-refractivity contribution in [3.05, 3.63) is 40.8 Å². The summed E-state index contributed by atoms with van der Waals surface area (Å²) in [5.41, 5.74) is 8.41. The number of nitrogens with zero attached hydrogens (tertiary/aromatic N) is 4. The Morgan fingerprint density at radius 3 is 2.77 bits per heavy atom. The van der Waals surface area contributed by atoms with Crippen LogP contribution in [-0.2, 0) is 19.6 Å². The van der Waals surface area contributed by atoms with Gasteiger partial charge in [0, 0.05) is 18.7 Å². The average Bonchev–Trinajstić information content (AvgIpc) is 3.25. The van der Waals surface area contributed by atoms with E-state index in [1.807, 2.05) is 12.1 Å². The number of carbonyl (C=O) groups is 1. The van der Waals surface area contributed by atoms with Crippen molar-refractivity contribution in [2.24, 2.45) is 0 Å². The first-order valence-corrected chi connectivity index (χ1v) is 10.9. The Bertz CT molecular complexity index is 948. The summed E-state index contributed by atoms with van der Waals surface area (Å²) in [7, 11) is 0. The number of rotatable bonds is 8. The van der Waals surface area contributed by atoms with E-state index < -0.39 is 0 Å². The van der Waals surface area contributed by atoms with Crippen LogP contribution in [-0.4, -0.2) is 45.5 Å². The van der Waals surface area contributed by atoms with Gasteiger partial charge in [-0.25, -0.2) is 9.18 Å². The minimum Gasteiger partial charge on any atom is -0.463 e. The maximum absolute atomic E-state index is 14.6. The Morgan fingerprint density at radius 2 is 2.03 bits per heavy atom. The molecule has 2 aliphatic heterocycles. The van der Waals surface area contributed by atoms with Gasteiger partial charge in [0.05, 0.1) is 18.8 Å². The van der Waals surface area contributed by atoms with Crippen molar-refractivity contribution in [2.45, 2.75) is 52.2 Å². The van der Waals surface area contributed by atoms with Gasteiger partial charge in [-0.2, -0.15) is 9.97 Å². The van der Waals surface area contributed by atoms with E-state index in [1.165, 1.54) is 18.9 Å². The summed E-state index contributed by atoms with van der Waals surface area (Å²) in [5, 5.41) is 2.75. The Morgan fingerprint density at radius 1 is 1.23 bits per heavy atom. The number of halogens is 1. The Kier molecular flexibility index (Phi) is 6.50. The summed E-state index contributed by atoms with van der Waals surface area (Å²) >= 11 is 0. The number of nitrogen functional groups attached to an aromatic ring is 1. The molecule has 0 aliphatic carbocycles. The number of likely N-dealkylation sites (tertiary alicyclic amines) is 1. The van der Waals surface area contributed by atoms with E-state index in [0.29, 0.717) is 30.1 Å². The average molecular weight is 429 g/mol. The van der Waals surface area contributed by atoms with E-state index in [0.717, 1.165) is 31.5 Å². The number of hydrogen-bond acceptors (Lipinski definition) is 6. The molecule has 2 amide bonds. The summed E-state index contributed by atoms with van der Waals surface area (Å²) in [6.45, 7) is 5.75. The number of amides is 2. The molecule has 8 nitrogen and oxygen atoms in total. The molecule has 1 saturated heterocycles. The molecule has 0 saturated carbocycles. The third-order valence-electron chi connectivity index (χ3n) is 5.66. The highest BCUT2D eigenvalue weighted by molar-refractivity contribution is 5.94. The number of anilines is 2. The molecule has 2 aliphatic rings. The van der Waals surface area contributed by atoms with Crippen LogP contribution in [0.2, 0.25) is 0 Å². The molecule has 0 atom stereocenters. The van der Waals surface area contributed by atoms with Crippen LogP contribution in [0.1, 0.15) is 49.4 Å². The molecular formula is C22H29FN6O2. The fourth-order valence-electron chi connectivity index (χ4n) is 3.91. The predicted molar refractivity (Wildman–Crippen MR) is 116 cm³/mol. The van der Waals surface area contributed by atoms with Gasteiger partial charge < -0.3 is 20.7 Å². The molecule has 1 aromatic carbocycles. The highest BCUT2D eigenvalue weighted by atomic mass is 19.1. The third-order valence-corrected chi connectivity index (χ3v) is 5.66. The summed E-state index contributed by atoms with van der Waals surface area (Å²) < 4.78 is 20.2. The van der Waals surface area contributed by atoms with Crippen molar-refractivity contribution in [1.29, 1.82) is 0 Å². The standard InChI is InChI=1S/C22H29FN6O2/c1-2-3-10-31-21-25-18-14-29(22(30)26-19(18)20(24)27-21)12-15-6-7-16(17(23)11-15)13-28-8-4-5-9-28/h6-7,11H,2-5,8-10,12-14H2,1H3,(H,26,30)(H2,24,25,27). The lowest BCUT2D eigenvalue weighted by Gasteiger charge is -2.29. The van der Waals surface area contributed by atoms with E-state index in [1.54, 1.807) is 4.90 Å². The van der Waals surface area contributed by atoms with Gasteiger partial charge in [0.2, 0.25) is 0 Å². The quantitative estimate of drug-likeness (QED) is 0.625. The third kappa shape index (κ3) is 5.04. The second-order valence-electron chi connectivity index (χ2n) is 8.11. The van der Waals surface area contributed by atoms with Crippen LogP contribution < -0.4 is 15.8 Å². The number of hydrogen-bond donors (Lipinski definition) is 2. The van der Waals surface area contributed by atoms with Crippen molar-refractivity contribution in [2.75, 3.05) is 30.7 Å². The summed E-state index contributed by atoms with van der Waals surface area (Å²) in [4.78, 5) is 24.9. The van der Waals surface area contributed by atoms with Crippen LogP contribution in [0, 0.1) is 5.82 Å². The zero-order valence-corrected chi connectivity index (χ0v) is 17.9. The molecule has 166 valence electrons. The van der Waals surface area contributed by atoms with Gasteiger partial charge in [0.1, 0.15) is 11.5 Å². The Hall–Kier alpha value is -2.94. The van der Waals surface area contributed by atoms with Crippen LogP contribution in [0.4, 0.5) is 20.7 Å². The molecule has 4 rings (SSSR count). The van der Waals surface area contributed by atoms with Crippen molar-refractivity contribution >= 4 is 17.5 Å². The minimum absolute atomic E-state index is 0.182. The van der Waals surface area contributed by atoms with Crippen LogP contribution in [0.15, 0.2) is 18.2 Å². The lowest BCUT2D eigenvalue weighted by Crippen LogP contribution is -2.39. The molecule has 1 fully saturated rings. The number of benzene rings is 1. The normalized spacial score (nSPS) is 16.3.